The van der Waals surface area contributed by atoms with Crippen LogP contribution in [-0.4, -0.2) is 26.2 Å². The highest BCUT2D eigenvalue weighted by Crippen LogP contribution is 2.25. The summed E-state index contributed by atoms with van der Waals surface area (Å²) in [5, 5.41) is 5.62. The first-order valence-corrected chi connectivity index (χ1v) is 8.01. The highest BCUT2D eigenvalue weighted by atomic mass is 35.5. The maximum absolute atomic E-state index is 12.4. The summed E-state index contributed by atoms with van der Waals surface area (Å²) in [4.78, 5) is 13.6. The minimum absolute atomic E-state index is 0.0165. The molecule has 1 aromatic heterocycles. The highest BCUT2D eigenvalue weighted by Gasteiger charge is 2.21. The lowest BCUT2D eigenvalue weighted by Gasteiger charge is -2.16. The van der Waals surface area contributed by atoms with Gasteiger partial charge in [0.25, 0.3) is 0 Å². The van der Waals surface area contributed by atoms with Crippen LogP contribution in [0.5, 0.6) is 0 Å². The normalized spacial score (nSPS) is 12.1. The molecule has 112 valence electrons. The van der Waals surface area contributed by atoms with Gasteiger partial charge in [0, 0.05) is 23.6 Å². The van der Waals surface area contributed by atoms with Gasteiger partial charge in [-0.25, -0.2) is 0 Å². The van der Waals surface area contributed by atoms with E-state index in [4.69, 9.17) is 16.3 Å². The smallest absolute Gasteiger partial charge is 0.227 e. The van der Waals surface area contributed by atoms with Gasteiger partial charge in [-0.1, -0.05) is 29.8 Å². The maximum atomic E-state index is 12.4. The van der Waals surface area contributed by atoms with Gasteiger partial charge in [0.1, 0.15) is 0 Å². The van der Waals surface area contributed by atoms with Crippen LogP contribution in [0.15, 0.2) is 41.8 Å². The fraction of sp³-hybridized carbons (Fsp3) is 0.312. The molecule has 0 spiro atoms. The lowest BCUT2D eigenvalue weighted by Crippen LogP contribution is -2.32. The van der Waals surface area contributed by atoms with E-state index in [0.717, 1.165) is 5.56 Å². The van der Waals surface area contributed by atoms with Gasteiger partial charge in [0.05, 0.1) is 12.5 Å². The molecule has 0 bridgehead atoms. The van der Waals surface area contributed by atoms with E-state index in [-0.39, 0.29) is 11.8 Å². The molecule has 2 aromatic rings. The van der Waals surface area contributed by atoms with Crippen LogP contribution in [0.4, 0.5) is 0 Å². The largest absolute Gasteiger partial charge is 0.383 e. The third kappa shape index (κ3) is 4.84. The van der Waals surface area contributed by atoms with Gasteiger partial charge in [0.15, 0.2) is 0 Å². The first-order chi connectivity index (χ1) is 10.2. The number of rotatable bonds is 7. The summed E-state index contributed by atoms with van der Waals surface area (Å²) in [6, 6.07) is 11.5. The molecule has 1 N–H and O–H groups in total. The van der Waals surface area contributed by atoms with Crippen LogP contribution in [0.2, 0.25) is 5.02 Å². The van der Waals surface area contributed by atoms with Crippen molar-refractivity contribution in [2.75, 3.05) is 20.3 Å². The summed E-state index contributed by atoms with van der Waals surface area (Å²) >= 11 is 7.59. The molecule has 1 heterocycles. The first-order valence-electron chi connectivity index (χ1n) is 6.75. The van der Waals surface area contributed by atoms with E-state index in [0.29, 0.717) is 24.6 Å². The molecule has 1 amide bonds. The fourth-order valence-corrected chi connectivity index (χ4v) is 2.96. The van der Waals surface area contributed by atoms with Crippen LogP contribution in [0, 0.1) is 0 Å². The lowest BCUT2D eigenvalue weighted by molar-refractivity contribution is -0.122. The van der Waals surface area contributed by atoms with Crippen LogP contribution >= 0.6 is 22.9 Å². The van der Waals surface area contributed by atoms with E-state index < -0.39 is 0 Å². The predicted octanol–water partition coefficient (Wildman–Crippen LogP) is 3.49. The molecule has 0 saturated carbocycles. The molecule has 0 fully saturated rings. The number of carbonyl (C=O) groups excluding carboxylic acids is 1. The van der Waals surface area contributed by atoms with Crippen molar-refractivity contribution in [1.82, 2.24) is 5.32 Å². The molecule has 21 heavy (non-hydrogen) atoms. The Bertz CT molecular complexity index is 554. The highest BCUT2D eigenvalue weighted by molar-refractivity contribution is 7.09. The van der Waals surface area contributed by atoms with Gasteiger partial charge in [-0.3, -0.25) is 4.79 Å². The van der Waals surface area contributed by atoms with Crippen LogP contribution in [0.1, 0.15) is 16.4 Å². The molecular weight excluding hydrogens is 306 g/mol. The van der Waals surface area contributed by atoms with Crippen LogP contribution in [0.3, 0.4) is 0 Å². The summed E-state index contributed by atoms with van der Waals surface area (Å²) in [6.45, 7) is 1.03. The van der Waals surface area contributed by atoms with Gasteiger partial charge in [-0.15, -0.1) is 11.3 Å². The van der Waals surface area contributed by atoms with Gasteiger partial charge in [-0.2, -0.15) is 0 Å². The summed E-state index contributed by atoms with van der Waals surface area (Å²) in [7, 11) is 1.62. The summed E-state index contributed by atoms with van der Waals surface area (Å²) in [6.07, 6.45) is 0.693. The number of hydrogen-bond acceptors (Lipinski definition) is 3. The third-order valence-electron chi connectivity index (χ3n) is 3.18. The first kappa shape index (κ1) is 16.0. The van der Waals surface area contributed by atoms with Crippen molar-refractivity contribution in [3.05, 3.63) is 57.2 Å². The minimum Gasteiger partial charge on any atom is -0.383 e. The van der Waals surface area contributed by atoms with Crippen LogP contribution in [-0.2, 0) is 16.0 Å². The zero-order chi connectivity index (χ0) is 15.1. The second-order valence-electron chi connectivity index (χ2n) is 4.67. The van der Waals surface area contributed by atoms with Gasteiger partial charge in [-0.05, 0) is 35.6 Å². The predicted molar refractivity (Wildman–Crippen MR) is 87.1 cm³/mol. The number of halogens is 1. The van der Waals surface area contributed by atoms with Gasteiger partial charge < -0.3 is 10.1 Å². The monoisotopic (exact) mass is 323 g/mol. The van der Waals surface area contributed by atoms with Crippen LogP contribution in [0.25, 0.3) is 0 Å². The van der Waals surface area contributed by atoms with E-state index in [9.17, 15) is 4.79 Å². The molecular formula is C16H18ClNO2S. The number of thiophene rings is 1. The van der Waals surface area contributed by atoms with E-state index in [1.165, 1.54) is 4.88 Å². The van der Waals surface area contributed by atoms with Crippen molar-refractivity contribution in [1.29, 1.82) is 0 Å². The van der Waals surface area contributed by atoms with E-state index in [1.54, 1.807) is 18.4 Å². The molecule has 1 atom stereocenters. The number of ether oxygens (including phenoxy) is 1. The van der Waals surface area contributed by atoms with E-state index in [2.05, 4.69) is 11.4 Å². The van der Waals surface area contributed by atoms with Crippen molar-refractivity contribution in [3.63, 3.8) is 0 Å². The third-order valence-corrected chi connectivity index (χ3v) is 4.33. The zero-order valence-corrected chi connectivity index (χ0v) is 13.4. The fourth-order valence-electron chi connectivity index (χ4n) is 2.09. The Balaban J connectivity index is 2.13. The average Bonchev–Trinajstić information content (AvgIpc) is 2.99. The molecule has 2 rings (SSSR count). The topological polar surface area (TPSA) is 38.3 Å². The Morgan fingerprint density at radius 2 is 2.10 bits per heavy atom. The summed E-state index contributed by atoms with van der Waals surface area (Å²) in [5.74, 6) is -0.194. The second-order valence-corrected chi connectivity index (χ2v) is 6.14. The summed E-state index contributed by atoms with van der Waals surface area (Å²) < 4.78 is 4.97. The number of carbonyl (C=O) groups is 1. The van der Waals surface area contributed by atoms with Crippen LogP contribution < -0.4 is 5.32 Å². The van der Waals surface area contributed by atoms with Crippen molar-refractivity contribution >= 4 is 28.8 Å². The second kappa shape index (κ2) is 8.17. The van der Waals surface area contributed by atoms with Crippen molar-refractivity contribution < 1.29 is 9.53 Å². The molecule has 1 unspecified atom stereocenters. The number of benzene rings is 1. The SMILES string of the molecule is COCCNC(=O)C(Cc1cccs1)c1ccc(Cl)cc1. The Labute approximate surface area is 133 Å². The molecule has 0 saturated heterocycles. The molecule has 3 nitrogen and oxygen atoms in total. The minimum atomic E-state index is -0.210. The average molecular weight is 324 g/mol. The maximum Gasteiger partial charge on any atom is 0.227 e. The van der Waals surface area contributed by atoms with Crippen molar-refractivity contribution in [2.24, 2.45) is 0 Å². The zero-order valence-electron chi connectivity index (χ0n) is 11.8. The molecule has 0 radical (unpaired) electrons. The Kier molecular flexibility index (Phi) is 6.23. The number of methoxy groups -OCH3 is 1. The molecule has 0 aliphatic carbocycles. The summed E-state index contributed by atoms with van der Waals surface area (Å²) in [5.41, 5.74) is 0.975. The number of amides is 1. The van der Waals surface area contributed by atoms with Crippen molar-refractivity contribution in [2.45, 2.75) is 12.3 Å². The standard InChI is InChI=1S/C16H18ClNO2S/c1-20-9-8-18-16(19)15(11-14-3-2-10-21-14)12-4-6-13(17)7-5-12/h2-7,10,15H,8-9,11H2,1H3,(H,18,19). The number of hydrogen-bond donors (Lipinski definition) is 1. The molecule has 0 aliphatic heterocycles. The van der Waals surface area contributed by atoms with E-state index >= 15 is 0 Å². The number of nitrogens with one attached hydrogen (secondary N) is 1. The molecule has 5 heteroatoms. The van der Waals surface area contributed by atoms with E-state index in [1.807, 2.05) is 35.7 Å². The molecule has 1 aromatic carbocycles. The Morgan fingerprint density at radius 1 is 1.33 bits per heavy atom. The quantitative estimate of drug-likeness (QED) is 0.792. The van der Waals surface area contributed by atoms with Crippen molar-refractivity contribution in [3.8, 4) is 0 Å². The van der Waals surface area contributed by atoms with Gasteiger partial charge >= 0.3 is 0 Å². The molecule has 0 aliphatic rings. The lowest BCUT2D eigenvalue weighted by atomic mass is 9.94. The Hall–Kier alpha value is -1.36. The Morgan fingerprint density at radius 3 is 2.71 bits per heavy atom. The van der Waals surface area contributed by atoms with Gasteiger partial charge in [0.2, 0.25) is 5.91 Å².